The van der Waals surface area contributed by atoms with E-state index in [2.05, 4.69) is 34.0 Å². The molecule has 1 aliphatic heterocycles. The van der Waals surface area contributed by atoms with Gasteiger partial charge in [-0.1, -0.05) is 0 Å². The number of morpholine rings is 1. The van der Waals surface area contributed by atoms with Gasteiger partial charge in [0, 0.05) is 24.5 Å². The first-order valence-electron chi connectivity index (χ1n) is 11.6. The van der Waals surface area contributed by atoms with Crippen molar-refractivity contribution < 1.29 is 23.0 Å². The highest BCUT2D eigenvalue weighted by molar-refractivity contribution is 5.59. The molecule has 0 amide bonds. The second-order valence-electron chi connectivity index (χ2n) is 8.91. The fourth-order valence-electron chi connectivity index (χ4n) is 4.54. The number of rotatable bonds is 8. The minimum atomic E-state index is -0.748. The van der Waals surface area contributed by atoms with Gasteiger partial charge in [-0.05, 0) is 69.7 Å². The number of anilines is 3. The maximum atomic E-state index is 14.2. The van der Waals surface area contributed by atoms with Gasteiger partial charge in [-0.2, -0.15) is 9.37 Å². The summed E-state index contributed by atoms with van der Waals surface area (Å²) in [6.45, 7) is 5.47. The molecule has 2 aromatic rings. The summed E-state index contributed by atoms with van der Waals surface area (Å²) in [6, 6.07) is 7.98. The van der Waals surface area contributed by atoms with E-state index in [0.29, 0.717) is 6.61 Å². The number of hydrogen-bond acceptors (Lipinski definition) is 7. The van der Waals surface area contributed by atoms with E-state index in [1.807, 2.05) is 24.3 Å². The number of nitrogens with zero attached hydrogens (tertiary/aromatic N) is 3. The first kappa shape index (κ1) is 23.6. The maximum absolute atomic E-state index is 14.2. The molecule has 0 unspecified atom stereocenters. The Kier molecular flexibility index (Phi) is 7.93. The summed E-state index contributed by atoms with van der Waals surface area (Å²) in [7, 11) is 0. The van der Waals surface area contributed by atoms with Gasteiger partial charge in [0.2, 0.25) is 11.8 Å². The van der Waals surface area contributed by atoms with E-state index in [-0.39, 0.29) is 36.1 Å². The molecule has 0 bridgehead atoms. The van der Waals surface area contributed by atoms with Crippen LogP contribution < -0.4 is 15.0 Å². The van der Waals surface area contributed by atoms with Gasteiger partial charge >= 0.3 is 0 Å². The van der Waals surface area contributed by atoms with Crippen molar-refractivity contribution in [3.05, 3.63) is 36.3 Å². The average Bonchev–Trinajstić information content (AvgIpc) is 2.80. The summed E-state index contributed by atoms with van der Waals surface area (Å²) in [6.07, 6.45) is 4.75. The second-order valence-corrected chi connectivity index (χ2v) is 8.91. The number of hydrogen-bond donors (Lipinski definition) is 1. The molecule has 1 saturated carbocycles. The molecule has 2 heterocycles. The highest BCUT2D eigenvalue weighted by Crippen LogP contribution is 2.28. The third-order valence-electron chi connectivity index (χ3n) is 6.17. The third kappa shape index (κ3) is 6.51. The highest BCUT2D eigenvalue weighted by atomic mass is 19.1. The van der Waals surface area contributed by atoms with Crippen molar-refractivity contribution in [1.29, 1.82) is 0 Å². The van der Waals surface area contributed by atoms with Gasteiger partial charge in [-0.15, -0.1) is 0 Å². The zero-order chi connectivity index (χ0) is 23.2. The van der Waals surface area contributed by atoms with Crippen LogP contribution in [-0.2, 0) is 9.47 Å². The van der Waals surface area contributed by atoms with Crippen molar-refractivity contribution in [2.24, 2.45) is 5.92 Å². The quantitative estimate of drug-likeness (QED) is 0.601. The normalized spacial score (nSPS) is 25.6. The van der Waals surface area contributed by atoms with Crippen molar-refractivity contribution in [2.75, 3.05) is 36.8 Å². The van der Waals surface area contributed by atoms with Crippen LogP contribution in [0.25, 0.3) is 0 Å². The van der Waals surface area contributed by atoms with Crippen LogP contribution in [0.3, 0.4) is 0 Å². The Bertz CT molecular complexity index is 884. The van der Waals surface area contributed by atoms with E-state index in [1.54, 1.807) is 0 Å². The van der Waals surface area contributed by atoms with E-state index >= 15 is 0 Å². The minimum absolute atomic E-state index is 0.0284. The largest absolute Gasteiger partial charge is 0.475 e. The molecule has 1 saturated heterocycles. The summed E-state index contributed by atoms with van der Waals surface area (Å²) < 4.78 is 43.0. The van der Waals surface area contributed by atoms with Gasteiger partial charge in [0.25, 0.3) is 5.88 Å². The summed E-state index contributed by atoms with van der Waals surface area (Å²) in [5, 5.41) is 3.11. The number of ether oxygens (including phenoxy) is 3. The molecule has 33 heavy (non-hydrogen) atoms. The highest BCUT2D eigenvalue weighted by Gasteiger charge is 2.24. The SMILES string of the molecule is C[C@@H]1CN(c2ccc(Nc3ncc(F)c(OC[C@H]4CC[C@H](OCF)CC4)n3)cc2)C[C@H](C)O1. The Labute approximate surface area is 193 Å². The molecule has 1 aromatic heterocycles. The predicted octanol–water partition coefficient (Wildman–Crippen LogP) is 4.85. The second kappa shape index (κ2) is 11.1. The monoisotopic (exact) mass is 462 g/mol. The average molecular weight is 463 g/mol. The first-order valence-corrected chi connectivity index (χ1v) is 11.6. The number of alkyl halides is 1. The molecule has 1 N–H and O–H groups in total. The summed E-state index contributed by atoms with van der Waals surface area (Å²) in [5.41, 5.74) is 1.93. The molecule has 7 nitrogen and oxygen atoms in total. The van der Waals surface area contributed by atoms with Gasteiger partial charge < -0.3 is 24.4 Å². The van der Waals surface area contributed by atoms with Crippen molar-refractivity contribution in [1.82, 2.24) is 9.97 Å². The van der Waals surface area contributed by atoms with Crippen LogP contribution in [0, 0.1) is 11.7 Å². The van der Waals surface area contributed by atoms with Gasteiger partial charge in [-0.3, -0.25) is 0 Å². The predicted molar refractivity (Wildman–Crippen MR) is 122 cm³/mol. The van der Waals surface area contributed by atoms with Crippen LogP contribution in [0.1, 0.15) is 39.5 Å². The number of nitrogens with one attached hydrogen (secondary N) is 1. The fourth-order valence-corrected chi connectivity index (χ4v) is 4.54. The molecular weight excluding hydrogens is 430 g/mol. The molecule has 0 radical (unpaired) electrons. The molecular formula is C24H32F2N4O3. The lowest BCUT2D eigenvalue weighted by Crippen LogP contribution is -2.45. The van der Waals surface area contributed by atoms with Crippen molar-refractivity contribution >= 4 is 17.3 Å². The topological polar surface area (TPSA) is 68.7 Å². The molecule has 0 spiro atoms. The van der Waals surface area contributed by atoms with Crippen molar-refractivity contribution in [3.63, 3.8) is 0 Å². The van der Waals surface area contributed by atoms with E-state index in [4.69, 9.17) is 14.2 Å². The Balaban J connectivity index is 1.32. The van der Waals surface area contributed by atoms with Gasteiger partial charge in [0.15, 0.2) is 6.86 Å². The summed E-state index contributed by atoms with van der Waals surface area (Å²) >= 11 is 0. The zero-order valence-corrected chi connectivity index (χ0v) is 19.2. The Morgan fingerprint density at radius 1 is 1.09 bits per heavy atom. The van der Waals surface area contributed by atoms with E-state index in [0.717, 1.165) is 56.3 Å². The fraction of sp³-hybridized carbons (Fsp3) is 0.583. The Morgan fingerprint density at radius 3 is 2.45 bits per heavy atom. The third-order valence-corrected chi connectivity index (χ3v) is 6.17. The van der Waals surface area contributed by atoms with Gasteiger partial charge in [0.1, 0.15) is 0 Å². The first-order chi connectivity index (χ1) is 16.0. The lowest BCUT2D eigenvalue weighted by molar-refractivity contribution is -0.0314. The van der Waals surface area contributed by atoms with Crippen molar-refractivity contribution in [2.45, 2.75) is 57.8 Å². The molecule has 2 fully saturated rings. The van der Waals surface area contributed by atoms with Crippen molar-refractivity contribution in [3.8, 4) is 5.88 Å². The number of aromatic nitrogens is 2. The zero-order valence-electron chi connectivity index (χ0n) is 19.2. The Morgan fingerprint density at radius 2 is 1.79 bits per heavy atom. The molecule has 180 valence electrons. The van der Waals surface area contributed by atoms with E-state index in [9.17, 15) is 8.78 Å². The van der Waals surface area contributed by atoms with Crippen LogP contribution in [-0.4, -0.2) is 54.8 Å². The maximum Gasteiger partial charge on any atom is 0.255 e. The minimum Gasteiger partial charge on any atom is -0.475 e. The van der Waals surface area contributed by atoms with Crippen LogP contribution in [0.2, 0.25) is 0 Å². The van der Waals surface area contributed by atoms with Gasteiger partial charge in [-0.25, -0.2) is 9.37 Å². The Hall–Kier alpha value is -2.52. The molecule has 2 atom stereocenters. The molecule has 1 aliphatic carbocycles. The lowest BCUT2D eigenvalue weighted by atomic mass is 9.88. The molecule has 2 aliphatic rings. The van der Waals surface area contributed by atoms with Crippen LogP contribution in [0.15, 0.2) is 30.5 Å². The van der Waals surface area contributed by atoms with E-state index in [1.165, 1.54) is 0 Å². The molecule has 1 aromatic carbocycles. The standard InChI is InChI=1S/C24H32F2N4O3/c1-16-12-30(13-17(2)33-16)20-7-5-19(6-8-20)28-24-27-11-22(26)23(29-24)31-14-18-3-9-21(10-4-18)32-15-25/h5-8,11,16-18,21H,3-4,9-10,12-15H2,1-2H3,(H,27,28,29)/t16-,17+,18-,21-. The van der Waals surface area contributed by atoms with E-state index < -0.39 is 12.7 Å². The lowest BCUT2D eigenvalue weighted by Gasteiger charge is -2.36. The van der Waals surface area contributed by atoms with Crippen LogP contribution in [0.4, 0.5) is 26.1 Å². The molecule has 4 rings (SSSR count). The van der Waals surface area contributed by atoms with Crippen LogP contribution >= 0.6 is 0 Å². The number of halogens is 2. The summed E-state index contributed by atoms with van der Waals surface area (Å²) in [4.78, 5) is 10.5. The van der Waals surface area contributed by atoms with Crippen LogP contribution in [0.5, 0.6) is 5.88 Å². The smallest absolute Gasteiger partial charge is 0.255 e. The summed E-state index contributed by atoms with van der Waals surface area (Å²) in [5.74, 6) is -0.121. The molecule has 9 heteroatoms. The van der Waals surface area contributed by atoms with Gasteiger partial charge in [0.05, 0.1) is 31.1 Å². The number of benzene rings is 1.